The standard InChI is InChI=1S/C11H17NO4S2/c1-3-11(4-5-11)18(14,15)12-10(13)9-8(2)16-6-7-17-9/h3-7H2,1-2H3,(H,12,13). The van der Waals surface area contributed by atoms with Crippen LogP contribution in [0.5, 0.6) is 0 Å². The summed E-state index contributed by atoms with van der Waals surface area (Å²) in [6, 6.07) is 0. The van der Waals surface area contributed by atoms with Gasteiger partial charge in [0, 0.05) is 5.75 Å². The molecule has 1 amide bonds. The third-order valence-corrected chi connectivity index (χ3v) is 6.85. The molecule has 0 radical (unpaired) electrons. The maximum absolute atomic E-state index is 12.1. The molecule has 0 saturated heterocycles. The molecule has 2 rings (SSSR count). The van der Waals surface area contributed by atoms with Gasteiger partial charge in [-0.15, -0.1) is 11.8 Å². The van der Waals surface area contributed by atoms with E-state index in [9.17, 15) is 13.2 Å². The van der Waals surface area contributed by atoms with Crippen LogP contribution < -0.4 is 4.72 Å². The first-order chi connectivity index (χ1) is 8.42. The molecule has 0 aromatic carbocycles. The lowest BCUT2D eigenvalue weighted by Gasteiger charge is -2.19. The minimum Gasteiger partial charge on any atom is -0.496 e. The molecule has 18 heavy (non-hydrogen) atoms. The number of ether oxygens (including phenoxy) is 1. The Kier molecular flexibility index (Phi) is 3.64. The van der Waals surface area contributed by atoms with E-state index in [-0.39, 0.29) is 0 Å². The molecule has 0 bridgehead atoms. The van der Waals surface area contributed by atoms with Crippen LogP contribution in [0, 0.1) is 0 Å². The fourth-order valence-corrected chi connectivity index (χ4v) is 4.42. The second kappa shape index (κ2) is 4.77. The van der Waals surface area contributed by atoms with Crippen molar-refractivity contribution in [2.45, 2.75) is 37.9 Å². The van der Waals surface area contributed by atoms with Crippen LogP contribution in [0.3, 0.4) is 0 Å². The highest BCUT2D eigenvalue weighted by atomic mass is 32.2. The molecular formula is C11H17NO4S2. The Morgan fingerprint density at radius 3 is 2.67 bits per heavy atom. The number of carbonyl (C=O) groups excluding carboxylic acids is 1. The number of thioether (sulfide) groups is 1. The van der Waals surface area contributed by atoms with Crippen LogP contribution in [0.4, 0.5) is 0 Å². The van der Waals surface area contributed by atoms with Crippen molar-refractivity contribution in [1.82, 2.24) is 4.72 Å². The summed E-state index contributed by atoms with van der Waals surface area (Å²) in [5.74, 6) is 0.608. The Morgan fingerprint density at radius 2 is 2.17 bits per heavy atom. The van der Waals surface area contributed by atoms with Crippen LogP contribution in [0.15, 0.2) is 10.7 Å². The highest BCUT2D eigenvalue weighted by molar-refractivity contribution is 8.04. The molecule has 1 fully saturated rings. The zero-order chi connectivity index (χ0) is 13.4. The van der Waals surface area contributed by atoms with E-state index in [0.29, 0.717) is 42.3 Å². The predicted molar refractivity (Wildman–Crippen MR) is 70.4 cm³/mol. The Morgan fingerprint density at radius 1 is 1.50 bits per heavy atom. The minimum atomic E-state index is -3.57. The summed E-state index contributed by atoms with van der Waals surface area (Å²) in [6.07, 6.45) is 1.80. The van der Waals surface area contributed by atoms with Crippen molar-refractivity contribution in [2.75, 3.05) is 12.4 Å². The molecule has 7 heteroatoms. The molecule has 0 atom stereocenters. The van der Waals surface area contributed by atoms with Crippen molar-refractivity contribution in [3.05, 3.63) is 10.7 Å². The second-order valence-corrected chi connectivity index (χ2v) is 7.74. The van der Waals surface area contributed by atoms with Gasteiger partial charge < -0.3 is 4.74 Å². The van der Waals surface area contributed by atoms with Gasteiger partial charge in [-0.3, -0.25) is 4.79 Å². The third kappa shape index (κ3) is 2.38. The lowest BCUT2D eigenvalue weighted by Crippen LogP contribution is -2.40. The normalized spacial score (nSPS) is 22.3. The van der Waals surface area contributed by atoms with E-state index >= 15 is 0 Å². The van der Waals surface area contributed by atoms with E-state index in [2.05, 4.69) is 4.72 Å². The number of rotatable bonds is 4. The number of allylic oxidation sites excluding steroid dienone is 1. The molecule has 2 aliphatic rings. The molecular weight excluding hydrogens is 274 g/mol. The number of hydrogen-bond acceptors (Lipinski definition) is 5. The minimum absolute atomic E-state index is 0.372. The molecule has 102 valence electrons. The predicted octanol–water partition coefficient (Wildman–Crippen LogP) is 1.37. The molecule has 5 nitrogen and oxygen atoms in total. The molecule has 1 aliphatic carbocycles. The average molecular weight is 291 g/mol. The quantitative estimate of drug-likeness (QED) is 0.847. The van der Waals surface area contributed by atoms with Gasteiger partial charge >= 0.3 is 0 Å². The van der Waals surface area contributed by atoms with Crippen LogP contribution in [0.25, 0.3) is 0 Å². The molecule has 1 N–H and O–H groups in total. The monoisotopic (exact) mass is 291 g/mol. The van der Waals surface area contributed by atoms with Gasteiger partial charge in [0.25, 0.3) is 5.91 Å². The molecule has 1 aliphatic heterocycles. The number of amides is 1. The molecule has 1 heterocycles. The van der Waals surface area contributed by atoms with Crippen molar-refractivity contribution in [3.63, 3.8) is 0 Å². The number of sulfonamides is 1. The Bertz CT molecular complexity index is 491. The van der Waals surface area contributed by atoms with E-state index in [1.807, 2.05) is 6.92 Å². The van der Waals surface area contributed by atoms with Gasteiger partial charge in [0.15, 0.2) is 0 Å². The van der Waals surface area contributed by atoms with Gasteiger partial charge in [-0.25, -0.2) is 13.1 Å². The van der Waals surface area contributed by atoms with E-state index < -0.39 is 20.7 Å². The first-order valence-electron chi connectivity index (χ1n) is 5.95. The van der Waals surface area contributed by atoms with Gasteiger partial charge in [0.2, 0.25) is 10.0 Å². The summed E-state index contributed by atoms with van der Waals surface area (Å²) in [5.41, 5.74) is 0. The van der Waals surface area contributed by atoms with Gasteiger partial charge in [-0.05, 0) is 26.2 Å². The summed E-state index contributed by atoms with van der Waals surface area (Å²) in [5, 5.41) is 0. The van der Waals surface area contributed by atoms with E-state index in [0.717, 1.165) is 0 Å². The average Bonchev–Trinajstić information content (AvgIpc) is 3.10. The molecule has 1 saturated carbocycles. The van der Waals surface area contributed by atoms with Crippen LogP contribution in [-0.2, 0) is 19.6 Å². The van der Waals surface area contributed by atoms with Crippen molar-refractivity contribution < 1.29 is 17.9 Å². The van der Waals surface area contributed by atoms with Crippen molar-refractivity contribution in [1.29, 1.82) is 0 Å². The van der Waals surface area contributed by atoms with Crippen molar-refractivity contribution >= 4 is 27.7 Å². The largest absolute Gasteiger partial charge is 0.496 e. The van der Waals surface area contributed by atoms with Crippen molar-refractivity contribution in [2.24, 2.45) is 0 Å². The van der Waals surface area contributed by atoms with Crippen LogP contribution in [0.2, 0.25) is 0 Å². The van der Waals surface area contributed by atoms with Gasteiger partial charge in [0.05, 0.1) is 11.4 Å². The van der Waals surface area contributed by atoms with Crippen molar-refractivity contribution in [3.8, 4) is 0 Å². The van der Waals surface area contributed by atoms with Crippen LogP contribution in [-0.4, -0.2) is 31.4 Å². The SMILES string of the molecule is CCC1(S(=O)(=O)NC(=O)C2=C(C)OCCS2)CC1. The lowest BCUT2D eigenvalue weighted by atomic mass is 10.3. The zero-order valence-electron chi connectivity index (χ0n) is 10.5. The highest BCUT2D eigenvalue weighted by Crippen LogP contribution is 2.45. The first-order valence-corrected chi connectivity index (χ1v) is 8.42. The van der Waals surface area contributed by atoms with Gasteiger partial charge in [-0.2, -0.15) is 0 Å². The van der Waals surface area contributed by atoms with Gasteiger partial charge in [-0.1, -0.05) is 6.92 Å². The fourth-order valence-electron chi connectivity index (χ4n) is 1.96. The van der Waals surface area contributed by atoms with E-state index in [1.165, 1.54) is 11.8 Å². The summed E-state index contributed by atoms with van der Waals surface area (Å²) in [6.45, 7) is 4.07. The Hall–Kier alpha value is -0.690. The molecule has 0 aromatic rings. The molecule has 0 spiro atoms. The number of hydrogen-bond donors (Lipinski definition) is 1. The van der Waals surface area contributed by atoms with Crippen LogP contribution in [0.1, 0.15) is 33.1 Å². The molecule has 0 aromatic heterocycles. The van der Waals surface area contributed by atoms with Crippen LogP contribution >= 0.6 is 11.8 Å². The topological polar surface area (TPSA) is 72.5 Å². The smallest absolute Gasteiger partial charge is 0.274 e. The zero-order valence-corrected chi connectivity index (χ0v) is 12.1. The highest BCUT2D eigenvalue weighted by Gasteiger charge is 2.53. The first kappa shape index (κ1) is 13.7. The Balaban J connectivity index is 2.13. The summed E-state index contributed by atoms with van der Waals surface area (Å²) < 4.78 is 30.9. The maximum atomic E-state index is 12.1. The Labute approximate surface area is 111 Å². The maximum Gasteiger partial charge on any atom is 0.274 e. The number of nitrogens with one attached hydrogen (secondary N) is 1. The summed E-state index contributed by atoms with van der Waals surface area (Å²) >= 11 is 1.34. The lowest BCUT2D eigenvalue weighted by molar-refractivity contribution is -0.115. The molecule has 0 unspecified atom stereocenters. The van der Waals surface area contributed by atoms with E-state index in [1.54, 1.807) is 6.92 Å². The third-order valence-electron chi connectivity index (χ3n) is 3.42. The summed E-state index contributed by atoms with van der Waals surface area (Å²) in [4.78, 5) is 12.3. The number of carbonyl (C=O) groups is 1. The second-order valence-electron chi connectivity index (χ2n) is 4.55. The van der Waals surface area contributed by atoms with Gasteiger partial charge in [0.1, 0.15) is 10.7 Å². The van der Waals surface area contributed by atoms with E-state index in [4.69, 9.17) is 4.74 Å². The fraction of sp³-hybridized carbons (Fsp3) is 0.727. The summed E-state index contributed by atoms with van der Waals surface area (Å²) in [7, 11) is -3.57.